The fraction of sp³-hybridized carbons (Fsp3) is 0.412. The van der Waals surface area contributed by atoms with Crippen molar-refractivity contribution >= 4 is 21.4 Å². The first kappa shape index (κ1) is 18.9. The van der Waals surface area contributed by atoms with E-state index in [1.807, 2.05) is 25.3 Å². The highest BCUT2D eigenvalue weighted by molar-refractivity contribution is 7.89. The van der Waals surface area contributed by atoms with Gasteiger partial charge in [0.2, 0.25) is 10.0 Å². The Morgan fingerprint density at radius 2 is 2.00 bits per heavy atom. The molecule has 7 heteroatoms. The highest BCUT2D eigenvalue weighted by Crippen LogP contribution is 2.29. The minimum absolute atomic E-state index is 0.00848. The van der Waals surface area contributed by atoms with Crippen molar-refractivity contribution < 1.29 is 18.3 Å². The normalized spacial score (nSPS) is 13.2. The monoisotopic (exact) mass is 369 g/mol. The van der Waals surface area contributed by atoms with Gasteiger partial charge in [-0.25, -0.2) is 8.42 Å². The second kappa shape index (κ2) is 7.65. The molecule has 2 aromatic rings. The lowest BCUT2D eigenvalue weighted by molar-refractivity contribution is 0.158. The zero-order valence-corrected chi connectivity index (χ0v) is 15.9. The van der Waals surface area contributed by atoms with Crippen LogP contribution in [-0.4, -0.2) is 38.0 Å². The van der Waals surface area contributed by atoms with Gasteiger partial charge in [0.25, 0.3) is 0 Å². The lowest BCUT2D eigenvalue weighted by Gasteiger charge is -2.22. The topological polar surface area (TPSA) is 66.8 Å². The van der Waals surface area contributed by atoms with Crippen LogP contribution in [0.25, 0.3) is 0 Å². The van der Waals surface area contributed by atoms with E-state index in [4.69, 9.17) is 4.74 Å². The molecule has 0 radical (unpaired) electrons. The number of aliphatic hydroxyl groups excluding tert-OH is 1. The molecular weight excluding hydrogens is 346 g/mol. The molecule has 0 saturated heterocycles. The van der Waals surface area contributed by atoms with Crippen molar-refractivity contribution in [2.45, 2.75) is 31.8 Å². The molecule has 0 aliphatic carbocycles. The number of aliphatic hydroxyl groups is 1. The van der Waals surface area contributed by atoms with Gasteiger partial charge in [0.1, 0.15) is 11.9 Å². The van der Waals surface area contributed by atoms with Crippen LogP contribution in [0.15, 0.2) is 34.5 Å². The van der Waals surface area contributed by atoms with E-state index in [1.165, 1.54) is 22.7 Å². The van der Waals surface area contributed by atoms with Crippen LogP contribution in [0.2, 0.25) is 0 Å². The van der Waals surface area contributed by atoms with Crippen molar-refractivity contribution in [3.63, 3.8) is 0 Å². The number of thiophene rings is 1. The second-order valence-corrected chi connectivity index (χ2v) is 8.63. The van der Waals surface area contributed by atoms with Gasteiger partial charge < -0.3 is 9.84 Å². The minimum atomic E-state index is -3.69. The van der Waals surface area contributed by atoms with E-state index in [0.29, 0.717) is 17.9 Å². The Kier molecular flexibility index (Phi) is 6.03. The van der Waals surface area contributed by atoms with Crippen LogP contribution in [0.1, 0.15) is 29.0 Å². The van der Waals surface area contributed by atoms with E-state index in [9.17, 15) is 13.5 Å². The molecule has 0 saturated carbocycles. The van der Waals surface area contributed by atoms with Gasteiger partial charge in [0, 0.05) is 18.5 Å². The van der Waals surface area contributed by atoms with E-state index >= 15 is 0 Å². The smallest absolute Gasteiger partial charge is 0.243 e. The maximum atomic E-state index is 12.9. The number of hydrogen-bond donors (Lipinski definition) is 1. The minimum Gasteiger partial charge on any atom is -0.494 e. The summed E-state index contributed by atoms with van der Waals surface area (Å²) in [7, 11) is -2.20. The molecule has 1 aromatic carbocycles. The van der Waals surface area contributed by atoms with E-state index in [-0.39, 0.29) is 11.4 Å². The summed E-state index contributed by atoms with van der Waals surface area (Å²) in [6, 6.07) is 7.00. The zero-order chi connectivity index (χ0) is 17.9. The molecule has 0 aliphatic rings. The number of hydrogen-bond acceptors (Lipinski definition) is 5. The molecular formula is C17H23NO4S2. The molecule has 0 aliphatic heterocycles. The predicted molar refractivity (Wildman–Crippen MR) is 96.2 cm³/mol. The zero-order valence-electron chi connectivity index (χ0n) is 14.3. The molecule has 24 heavy (non-hydrogen) atoms. The Morgan fingerprint density at radius 1 is 1.29 bits per heavy atom. The molecule has 2 rings (SSSR count). The molecule has 1 atom stereocenters. The standard InChI is InChI=1S/C17H23NO4S2/c1-5-22-15-9-13(3)17(10-12(15)2)24(20,21)18(4)11-14(19)16-7-6-8-23-16/h6-10,14,19H,5,11H2,1-4H3. The number of rotatable bonds is 7. The maximum absolute atomic E-state index is 12.9. The molecule has 1 heterocycles. The largest absolute Gasteiger partial charge is 0.494 e. The molecule has 0 bridgehead atoms. The number of sulfonamides is 1. The molecule has 0 amide bonds. The number of ether oxygens (including phenoxy) is 1. The first-order valence-corrected chi connectivity index (χ1v) is 10.0. The summed E-state index contributed by atoms with van der Waals surface area (Å²) < 4.78 is 32.4. The Hall–Kier alpha value is -1.41. The maximum Gasteiger partial charge on any atom is 0.243 e. The first-order chi connectivity index (χ1) is 11.3. The summed E-state index contributed by atoms with van der Waals surface area (Å²) >= 11 is 1.40. The average molecular weight is 370 g/mol. The Bertz CT molecular complexity index is 785. The fourth-order valence-corrected chi connectivity index (χ4v) is 4.60. The Labute approximate surface area is 147 Å². The third-order valence-electron chi connectivity index (χ3n) is 3.76. The van der Waals surface area contributed by atoms with Gasteiger partial charge in [-0.05, 0) is 55.5 Å². The van der Waals surface area contributed by atoms with Crippen LogP contribution in [0, 0.1) is 13.8 Å². The van der Waals surface area contributed by atoms with Gasteiger partial charge in [-0.2, -0.15) is 4.31 Å². The van der Waals surface area contributed by atoms with Gasteiger partial charge in [0.15, 0.2) is 0 Å². The van der Waals surface area contributed by atoms with Crippen molar-refractivity contribution in [1.82, 2.24) is 4.31 Å². The van der Waals surface area contributed by atoms with Crippen molar-refractivity contribution in [3.05, 3.63) is 45.6 Å². The molecule has 1 aromatic heterocycles. The second-order valence-electron chi connectivity index (χ2n) is 5.63. The van der Waals surface area contributed by atoms with Crippen LogP contribution in [-0.2, 0) is 10.0 Å². The van der Waals surface area contributed by atoms with Crippen LogP contribution in [0.5, 0.6) is 5.75 Å². The highest BCUT2D eigenvalue weighted by atomic mass is 32.2. The van der Waals surface area contributed by atoms with Crippen molar-refractivity contribution in [2.75, 3.05) is 20.2 Å². The summed E-state index contributed by atoms with van der Waals surface area (Å²) in [5.74, 6) is 0.690. The van der Waals surface area contributed by atoms with Crippen LogP contribution in [0.4, 0.5) is 0 Å². The molecule has 0 spiro atoms. The van der Waals surface area contributed by atoms with Gasteiger partial charge in [-0.3, -0.25) is 0 Å². The summed E-state index contributed by atoms with van der Waals surface area (Å²) in [5, 5.41) is 12.1. The van der Waals surface area contributed by atoms with Gasteiger partial charge in [0.05, 0.1) is 11.5 Å². The van der Waals surface area contributed by atoms with Gasteiger partial charge in [-0.1, -0.05) is 6.07 Å². The van der Waals surface area contributed by atoms with Gasteiger partial charge >= 0.3 is 0 Å². The van der Waals surface area contributed by atoms with E-state index in [0.717, 1.165) is 10.4 Å². The fourth-order valence-electron chi connectivity index (χ4n) is 2.43. The van der Waals surface area contributed by atoms with Gasteiger partial charge in [-0.15, -0.1) is 11.3 Å². The summed E-state index contributed by atoms with van der Waals surface area (Å²) in [5.41, 5.74) is 1.40. The van der Waals surface area contributed by atoms with E-state index < -0.39 is 16.1 Å². The lowest BCUT2D eigenvalue weighted by Crippen LogP contribution is -2.31. The SMILES string of the molecule is CCOc1cc(C)c(S(=O)(=O)N(C)CC(O)c2cccs2)cc1C. The number of aryl methyl sites for hydroxylation is 2. The van der Waals surface area contributed by atoms with Crippen molar-refractivity contribution in [2.24, 2.45) is 0 Å². The Balaban J connectivity index is 2.27. The number of likely N-dealkylation sites (N-methyl/N-ethyl adjacent to an activating group) is 1. The van der Waals surface area contributed by atoms with Crippen molar-refractivity contribution in [1.29, 1.82) is 0 Å². The molecule has 0 fully saturated rings. The summed E-state index contributed by atoms with van der Waals surface area (Å²) in [4.78, 5) is 0.987. The summed E-state index contributed by atoms with van der Waals surface area (Å²) in [6.45, 7) is 6.00. The van der Waals surface area contributed by atoms with Crippen LogP contribution >= 0.6 is 11.3 Å². The quantitative estimate of drug-likeness (QED) is 0.814. The Morgan fingerprint density at radius 3 is 2.58 bits per heavy atom. The third kappa shape index (κ3) is 3.97. The molecule has 1 unspecified atom stereocenters. The van der Waals surface area contributed by atoms with Crippen molar-refractivity contribution in [3.8, 4) is 5.75 Å². The molecule has 132 valence electrons. The predicted octanol–water partition coefficient (Wildman–Crippen LogP) is 3.12. The third-order valence-corrected chi connectivity index (χ3v) is 6.70. The lowest BCUT2D eigenvalue weighted by atomic mass is 10.1. The number of nitrogens with zero attached hydrogens (tertiary/aromatic N) is 1. The summed E-state index contributed by atoms with van der Waals surface area (Å²) in [6.07, 6.45) is -0.839. The van der Waals surface area contributed by atoms with E-state index in [2.05, 4.69) is 0 Å². The molecule has 1 N–H and O–H groups in total. The number of benzene rings is 1. The van der Waals surface area contributed by atoms with Crippen LogP contribution in [0.3, 0.4) is 0 Å². The highest BCUT2D eigenvalue weighted by Gasteiger charge is 2.26. The molecule has 5 nitrogen and oxygen atoms in total. The average Bonchev–Trinajstić information content (AvgIpc) is 3.05. The first-order valence-electron chi connectivity index (χ1n) is 7.69. The van der Waals surface area contributed by atoms with E-state index in [1.54, 1.807) is 25.1 Å². The van der Waals surface area contributed by atoms with Crippen LogP contribution < -0.4 is 4.74 Å².